The molecule has 4 rings (SSSR count). The maximum absolute atomic E-state index is 12.9. The number of allylic oxidation sites excluding steroid dienone is 1. The Labute approximate surface area is 263 Å². The molecular formula is C36H42N2O5S. The van der Waals surface area contributed by atoms with Crippen molar-refractivity contribution in [2.24, 2.45) is 0 Å². The van der Waals surface area contributed by atoms with Crippen LogP contribution in [0.3, 0.4) is 0 Å². The predicted molar refractivity (Wildman–Crippen MR) is 176 cm³/mol. The molecule has 0 aliphatic rings. The zero-order valence-electron chi connectivity index (χ0n) is 25.9. The molecule has 0 saturated heterocycles. The van der Waals surface area contributed by atoms with Crippen molar-refractivity contribution < 1.29 is 23.2 Å². The molecule has 1 heterocycles. The number of carbonyl (C=O) groups excluding carboxylic acids is 1. The van der Waals surface area contributed by atoms with Crippen LogP contribution in [0.4, 0.5) is 0 Å². The first-order valence-corrected chi connectivity index (χ1v) is 16.5. The molecule has 0 fully saturated rings. The molecule has 0 bridgehead atoms. The first-order chi connectivity index (χ1) is 21.5. The third kappa shape index (κ3) is 9.76. The van der Waals surface area contributed by atoms with Crippen LogP contribution < -0.4 is 9.47 Å². The average molecular weight is 615 g/mol. The van der Waals surface area contributed by atoms with Crippen LogP contribution in [0.25, 0.3) is 17.2 Å². The molecule has 232 valence electrons. The fourth-order valence-electron chi connectivity index (χ4n) is 4.68. The van der Waals surface area contributed by atoms with Gasteiger partial charge >= 0.3 is 0 Å². The van der Waals surface area contributed by atoms with Crippen molar-refractivity contribution in [1.29, 1.82) is 0 Å². The fourth-order valence-corrected chi connectivity index (χ4v) is 5.80. The van der Waals surface area contributed by atoms with Gasteiger partial charge in [-0.1, -0.05) is 50.6 Å². The van der Waals surface area contributed by atoms with Gasteiger partial charge in [-0.25, -0.2) is 4.98 Å². The monoisotopic (exact) mass is 614 g/mol. The van der Waals surface area contributed by atoms with Crippen LogP contribution in [0.2, 0.25) is 0 Å². The standard InChI is InChI=1S/C36H42N2O5S/c1-4-6-20-42-21-22-43-34-14-10-29(11-15-34)30-12-18-36(41-3)31(24-30)9-13-33(39)23-28-7-16-35(17-8-28)44(40)26-32-25-37-27-38(32)19-5-2/h7-18,24-25,27H,4-6,19-23,26H2,1-3H3/b13-9+. The average Bonchev–Trinajstić information content (AvgIpc) is 3.48. The summed E-state index contributed by atoms with van der Waals surface area (Å²) in [5, 5.41) is 0. The second-order valence-electron chi connectivity index (χ2n) is 10.5. The van der Waals surface area contributed by atoms with Gasteiger partial charge in [0.05, 0.1) is 42.3 Å². The molecule has 44 heavy (non-hydrogen) atoms. The SMILES string of the molecule is CCCCOCCOc1ccc(-c2ccc(OC)c(/C=C/C(=O)Cc3ccc(S(=O)Cc4cncn4CCC)cc3)c2)cc1. The van der Waals surface area contributed by atoms with Gasteiger partial charge in [-0.15, -0.1) is 0 Å². The second-order valence-corrected chi connectivity index (χ2v) is 11.9. The third-order valence-electron chi connectivity index (χ3n) is 7.11. The van der Waals surface area contributed by atoms with Crippen molar-refractivity contribution >= 4 is 22.7 Å². The second kappa shape index (κ2) is 17.3. The molecule has 3 aromatic carbocycles. The zero-order chi connectivity index (χ0) is 31.1. The summed E-state index contributed by atoms with van der Waals surface area (Å²) < 4.78 is 31.9. The molecule has 0 amide bonds. The largest absolute Gasteiger partial charge is 0.496 e. The van der Waals surface area contributed by atoms with E-state index in [1.807, 2.05) is 71.3 Å². The molecule has 0 saturated carbocycles. The van der Waals surface area contributed by atoms with E-state index in [1.165, 1.54) is 0 Å². The Hall–Kier alpha value is -4.01. The summed E-state index contributed by atoms with van der Waals surface area (Å²) in [6, 6.07) is 21.3. The van der Waals surface area contributed by atoms with Gasteiger partial charge in [0.1, 0.15) is 18.1 Å². The Kier molecular flexibility index (Phi) is 13.0. The van der Waals surface area contributed by atoms with Crippen LogP contribution in [0, 0.1) is 0 Å². The van der Waals surface area contributed by atoms with E-state index >= 15 is 0 Å². The molecule has 0 aliphatic carbocycles. The predicted octanol–water partition coefficient (Wildman–Crippen LogP) is 7.30. The normalized spacial score (nSPS) is 12.0. The summed E-state index contributed by atoms with van der Waals surface area (Å²) in [6.45, 7) is 6.97. The van der Waals surface area contributed by atoms with E-state index in [2.05, 4.69) is 18.8 Å². The van der Waals surface area contributed by atoms with Crippen molar-refractivity contribution in [2.75, 3.05) is 26.9 Å². The molecule has 0 radical (unpaired) electrons. The highest BCUT2D eigenvalue weighted by Crippen LogP contribution is 2.29. The third-order valence-corrected chi connectivity index (χ3v) is 8.47. The Morgan fingerprint density at radius 1 is 0.932 bits per heavy atom. The van der Waals surface area contributed by atoms with Gasteiger partial charge in [0.2, 0.25) is 0 Å². The van der Waals surface area contributed by atoms with Crippen molar-refractivity contribution in [3.05, 3.63) is 102 Å². The Balaban J connectivity index is 1.33. The van der Waals surface area contributed by atoms with Crippen molar-refractivity contribution in [3.8, 4) is 22.6 Å². The summed E-state index contributed by atoms with van der Waals surface area (Å²) in [5.41, 5.74) is 4.68. The number of hydrogen-bond acceptors (Lipinski definition) is 6. The topological polar surface area (TPSA) is 79.7 Å². The van der Waals surface area contributed by atoms with Gasteiger partial charge in [-0.3, -0.25) is 9.00 Å². The van der Waals surface area contributed by atoms with E-state index < -0.39 is 10.8 Å². The van der Waals surface area contributed by atoms with E-state index in [9.17, 15) is 9.00 Å². The maximum atomic E-state index is 12.9. The molecule has 0 spiro atoms. The van der Waals surface area contributed by atoms with Gasteiger partial charge in [-0.2, -0.15) is 0 Å². The van der Waals surface area contributed by atoms with Crippen LogP contribution in [0.1, 0.15) is 49.9 Å². The van der Waals surface area contributed by atoms with E-state index in [-0.39, 0.29) is 12.2 Å². The number of aromatic nitrogens is 2. The van der Waals surface area contributed by atoms with Crippen LogP contribution in [-0.4, -0.2) is 46.5 Å². The lowest BCUT2D eigenvalue weighted by Crippen LogP contribution is -2.07. The highest BCUT2D eigenvalue weighted by atomic mass is 32.2. The number of unbranched alkanes of at least 4 members (excludes halogenated alkanes) is 1. The number of nitrogens with zero attached hydrogens (tertiary/aromatic N) is 2. The molecule has 1 unspecified atom stereocenters. The summed E-state index contributed by atoms with van der Waals surface area (Å²) >= 11 is 0. The molecule has 1 atom stereocenters. The van der Waals surface area contributed by atoms with Crippen LogP contribution in [0.15, 0.2) is 90.2 Å². The number of imidazole rings is 1. The molecular weight excluding hydrogens is 572 g/mol. The number of hydrogen-bond donors (Lipinski definition) is 0. The number of carbonyl (C=O) groups is 1. The maximum Gasteiger partial charge on any atom is 0.160 e. The summed E-state index contributed by atoms with van der Waals surface area (Å²) in [4.78, 5) is 17.8. The number of methoxy groups -OCH3 is 1. The van der Waals surface area contributed by atoms with Crippen LogP contribution in [-0.2, 0) is 39.0 Å². The summed E-state index contributed by atoms with van der Waals surface area (Å²) in [6.07, 6.45) is 10.4. The van der Waals surface area contributed by atoms with Crippen molar-refractivity contribution in [3.63, 3.8) is 0 Å². The van der Waals surface area contributed by atoms with Crippen LogP contribution >= 0.6 is 0 Å². The molecule has 4 aromatic rings. The van der Waals surface area contributed by atoms with Gasteiger partial charge in [0, 0.05) is 36.2 Å². The first-order valence-electron chi connectivity index (χ1n) is 15.2. The summed E-state index contributed by atoms with van der Waals surface area (Å²) in [7, 11) is 0.432. The number of ether oxygens (including phenoxy) is 3. The molecule has 0 aliphatic heterocycles. The van der Waals surface area contributed by atoms with Gasteiger partial charge in [0.15, 0.2) is 5.78 Å². The summed E-state index contributed by atoms with van der Waals surface area (Å²) in [5.74, 6) is 1.86. The van der Waals surface area contributed by atoms with Crippen molar-refractivity contribution in [1.82, 2.24) is 9.55 Å². The number of ketones is 1. The quantitative estimate of drug-likeness (QED) is 0.0865. The van der Waals surface area contributed by atoms with Crippen LogP contribution in [0.5, 0.6) is 11.5 Å². The lowest BCUT2D eigenvalue weighted by molar-refractivity contribution is -0.113. The Morgan fingerprint density at radius 2 is 1.70 bits per heavy atom. The molecule has 0 N–H and O–H groups in total. The van der Waals surface area contributed by atoms with E-state index in [1.54, 1.807) is 31.8 Å². The Morgan fingerprint density at radius 3 is 2.43 bits per heavy atom. The first kappa shape index (κ1) is 32.9. The minimum Gasteiger partial charge on any atom is -0.496 e. The number of rotatable bonds is 18. The lowest BCUT2D eigenvalue weighted by Gasteiger charge is -2.10. The molecule has 7 nitrogen and oxygen atoms in total. The fraction of sp³-hybridized carbons (Fsp3) is 0.333. The molecule has 8 heteroatoms. The smallest absolute Gasteiger partial charge is 0.160 e. The zero-order valence-corrected chi connectivity index (χ0v) is 26.7. The van der Waals surface area contributed by atoms with E-state index in [0.29, 0.717) is 24.7 Å². The minimum atomic E-state index is -1.19. The number of aryl methyl sites for hydroxylation is 1. The highest BCUT2D eigenvalue weighted by molar-refractivity contribution is 7.84. The van der Waals surface area contributed by atoms with Crippen molar-refractivity contribution in [2.45, 2.75) is 56.7 Å². The lowest BCUT2D eigenvalue weighted by atomic mass is 10.0. The number of benzene rings is 3. The highest BCUT2D eigenvalue weighted by Gasteiger charge is 2.11. The molecule has 1 aromatic heterocycles. The minimum absolute atomic E-state index is 0.0324. The van der Waals surface area contributed by atoms with Gasteiger partial charge in [-0.05, 0) is 78.1 Å². The van der Waals surface area contributed by atoms with E-state index in [0.717, 1.165) is 71.0 Å². The van der Waals surface area contributed by atoms with Gasteiger partial charge in [0.25, 0.3) is 0 Å². The Bertz CT molecular complexity index is 1530. The van der Waals surface area contributed by atoms with Gasteiger partial charge < -0.3 is 18.8 Å². The van der Waals surface area contributed by atoms with E-state index in [4.69, 9.17) is 14.2 Å².